The third kappa shape index (κ3) is 4.46. The van der Waals surface area contributed by atoms with Gasteiger partial charge in [-0.2, -0.15) is 10.1 Å². The number of anilines is 1. The number of aromatic nitrogens is 4. The van der Waals surface area contributed by atoms with Gasteiger partial charge in [0.05, 0.1) is 13.2 Å². The quantitative estimate of drug-likeness (QED) is 0.802. The molecule has 0 unspecified atom stereocenters. The monoisotopic (exact) mass is 318 g/mol. The first kappa shape index (κ1) is 15.8. The van der Waals surface area contributed by atoms with Crippen molar-refractivity contribution in [2.45, 2.75) is 31.8 Å². The molecule has 124 valence electrons. The van der Waals surface area contributed by atoms with E-state index < -0.39 is 0 Å². The van der Waals surface area contributed by atoms with Gasteiger partial charge < -0.3 is 19.5 Å². The molecule has 0 saturated carbocycles. The van der Waals surface area contributed by atoms with Crippen molar-refractivity contribution in [3.8, 4) is 0 Å². The van der Waals surface area contributed by atoms with Gasteiger partial charge in [-0.05, 0) is 25.0 Å². The second-order valence-electron chi connectivity index (χ2n) is 5.60. The van der Waals surface area contributed by atoms with Crippen LogP contribution in [0.2, 0.25) is 0 Å². The predicted molar refractivity (Wildman–Crippen MR) is 84.0 cm³/mol. The topological polar surface area (TPSA) is 89.2 Å². The highest BCUT2D eigenvalue weighted by Gasteiger charge is 2.21. The average molecular weight is 318 g/mol. The lowest BCUT2D eigenvalue weighted by Crippen LogP contribution is -2.45. The van der Waals surface area contributed by atoms with Gasteiger partial charge in [0.1, 0.15) is 0 Å². The van der Waals surface area contributed by atoms with Gasteiger partial charge in [0.25, 0.3) is 0 Å². The summed E-state index contributed by atoms with van der Waals surface area (Å²) < 4.78 is 10.3. The van der Waals surface area contributed by atoms with Crippen molar-refractivity contribution in [1.82, 2.24) is 25.7 Å². The van der Waals surface area contributed by atoms with E-state index in [0.29, 0.717) is 37.3 Å². The highest BCUT2D eigenvalue weighted by Crippen LogP contribution is 2.16. The van der Waals surface area contributed by atoms with Gasteiger partial charge in [-0.25, -0.2) is 0 Å². The van der Waals surface area contributed by atoms with Crippen LogP contribution in [0.15, 0.2) is 22.9 Å². The largest absolute Gasteiger partial charge is 0.384 e. The van der Waals surface area contributed by atoms with Crippen LogP contribution in [0.1, 0.15) is 24.6 Å². The van der Waals surface area contributed by atoms with E-state index in [2.05, 4.69) is 30.6 Å². The predicted octanol–water partition coefficient (Wildman–Crippen LogP) is 0.807. The Kier molecular flexibility index (Phi) is 5.49. The van der Waals surface area contributed by atoms with Crippen molar-refractivity contribution in [2.75, 3.05) is 31.7 Å². The molecular formula is C15H22N6O2. The van der Waals surface area contributed by atoms with E-state index in [1.165, 1.54) is 0 Å². The molecular weight excluding hydrogens is 296 g/mol. The summed E-state index contributed by atoms with van der Waals surface area (Å²) in [6, 6.07) is 4.29. The lowest BCUT2D eigenvalue weighted by Gasteiger charge is -2.33. The maximum atomic E-state index is 5.25. The van der Waals surface area contributed by atoms with Crippen LogP contribution in [0.25, 0.3) is 0 Å². The summed E-state index contributed by atoms with van der Waals surface area (Å²) in [5.74, 6) is 2.24. The fourth-order valence-corrected chi connectivity index (χ4v) is 2.70. The van der Waals surface area contributed by atoms with Crippen LogP contribution in [0, 0.1) is 0 Å². The molecule has 1 N–H and O–H groups in total. The third-order valence-electron chi connectivity index (χ3n) is 3.89. The molecule has 0 aromatic carbocycles. The van der Waals surface area contributed by atoms with Gasteiger partial charge in [-0.15, -0.1) is 5.10 Å². The number of nitrogens with one attached hydrogen (secondary N) is 1. The summed E-state index contributed by atoms with van der Waals surface area (Å²) in [6.45, 7) is 3.10. The van der Waals surface area contributed by atoms with E-state index in [1.807, 2.05) is 12.1 Å². The van der Waals surface area contributed by atoms with Gasteiger partial charge in [-0.1, -0.05) is 5.16 Å². The number of hydrogen-bond acceptors (Lipinski definition) is 8. The molecule has 3 heterocycles. The summed E-state index contributed by atoms with van der Waals surface area (Å²) in [7, 11) is 1.66. The van der Waals surface area contributed by atoms with Crippen LogP contribution in [0.4, 0.5) is 5.82 Å². The maximum absolute atomic E-state index is 5.25. The molecule has 0 radical (unpaired) electrons. The highest BCUT2D eigenvalue weighted by molar-refractivity contribution is 5.37. The summed E-state index contributed by atoms with van der Waals surface area (Å²) in [4.78, 5) is 6.61. The summed E-state index contributed by atoms with van der Waals surface area (Å²) in [5, 5.41) is 15.6. The van der Waals surface area contributed by atoms with Gasteiger partial charge in [-0.3, -0.25) is 0 Å². The standard InChI is InChI=1S/C15H22N6O2/c1-22-9-6-13-18-15(23-20-13)10-16-12-4-3-8-21(11-12)14-5-2-7-17-19-14/h2,5,7,12,16H,3-4,6,8-11H2,1H3/t12-/m0/s1. The van der Waals surface area contributed by atoms with Gasteiger partial charge in [0.15, 0.2) is 11.6 Å². The van der Waals surface area contributed by atoms with E-state index in [4.69, 9.17) is 9.26 Å². The first-order chi connectivity index (χ1) is 11.3. The lowest BCUT2D eigenvalue weighted by molar-refractivity contribution is 0.199. The molecule has 23 heavy (non-hydrogen) atoms. The molecule has 1 aliphatic rings. The zero-order chi connectivity index (χ0) is 15.9. The molecule has 0 spiro atoms. The second-order valence-corrected chi connectivity index (χ2v) is 5.60. The molecule has 1 saturated heterocycles. The Labute approximate surface area is 135 Å². The maximum Gasteiger partial charge on any atom is 0.240 e. The minimum absolute atomic E-state index is 0.375. The van der Waals surface area contributed by atoms with Crippen molar-refractivity contribution in [3.05, 3.63) is 30.0 Å². The molecule has 8 heteroatoms. The minimum Gasteiger partial charge on any atom is -0.384 e. The SMILES string of the molecule is COCCc1noc(CN[C@H]2CCCN(c3cccnn3)C2)n1. The van der Waals surface area contributed by atoms with Crippen LogP contribution in [-0.2, 0) is 17.7 Å². The molecule has 1 fully saturated rings. The Morgan fingerprint density at radius 2 is 2.43 bits per heavy atom. The molecule has 8 nitrogen and oxygen atoms in total. The smallest absolute Gasteiger partial charge is 0.240 e. The summed E-state index contributed by atoms with van der Waals surface area (Å²) in [5.41, 5.74) is 0. The van der Waals surface area contributed by atoms with E-state index in [-0.39, 0.29) is 0 Å². The molecule has 1 atom stereocenters. The normalized spacial score (nSPS) is 18.3. The second kappa shape index (κ2) is 7.98. The molecule has 0 amide bonds. The number of ether oxygens (including phenoxy) is 1. The Bertz CT molecular complexity index is 591. The number of piperidine rings is 1. The zero-order valence-corrected chi connectivity index (χ0v) is 13.3. The van der Waals surface area contributed by atoms with Crippen molar-refractivity contribution < 1.29 is 9.26 Å². The van der Waals surface area contributed by atoms with E-state index in [9.17, 15) is 0 Å². The molecule has 0 bridgehead atoms. The van der Waals surface area contributed by atoms with Gasteiger partial charge >= 0.3 is 0 Å². The third-order valence-corrected chi connectivity index (χ3v) is 3.89. The zero-order valence-electron chi connectivity index (χ0n) is 13.3. The van der Waals surface area contributed by atoms with Crippen LogP contribution in [0.3, 0.4) is 0 Å². The molecule has 0 aliphatic carbocycles. The Hall–Kier alpha value is -2.06. The van der Waals surface area contributed by atoms with Crippen LogP contribution in [-0.4, -0.2) is 53.2 Å². The summed E-state index contributed by atoms with van der Waals surface area (Å²) >= 11 is 0. The first-order valence-electron chi connectivity index (χ1n) is 7.91. The number of hydrogen-bond donors (Lipinski definition) is 1. The van der Waals surface area contributed by atoms with Crippen molar-refractivity contribution in [1.29, 1.82) is 0 Å². The fourth-order valence-electron chi connectivity index (χ4n) is 2.70. The van der Waals surface area contributed by atoms with Crippen LogP contribution in [0.5, 0.6) is 0 Å². The number of methoxy groups -OCH3 is 1. The number of rotatable bonds is 7. The van der Waals surface area contributed by atoms with Gasteiger partial charge in [0.2, 0.25) is 5.89 Å². The number of nitrogens with zero attached hydrogens (tertiary/aromatic N) is 5. The van der Waals surface area contributed by atoms with Gasteiger partial charge in [0, 0.05) is 38.9 Å². The fraction of sp³-hybridized carbons (Fsp3) is 0.600. The molecule has 3 rings (SSSR count). The molecule has 2 aromatic rings. The molecule has 2 aromatic heterocycles. The lowest BCUT2D eigenvalue weighted by atomic mass is 10.1. The molecule has 1 aliphatic heterocycles. The Morgan fingerprint density at radius 3 is 3.26 bits per heavy atom. The van der Waals surface area contributed by atoms with E-state index >= 15 is 0 Å². The minimum atomic E-state index is 0.375. The van der Waals surface area contributed by atoms with Crippen molar-refractivity contribution in [3.63, 3.8) is 0 Å². The summed E-state index contributed by atoms with van der Waals surface area (Å²) in [6.07, 6.45) is 4.61. The Balaban J connectivity index is 1.49. The van der Waals surface area contributed by atoms with Crippen molar-refractivity contribution in [2.24, 2.45) is 0 Å². The first-order valence-corrected chi connectivity index (χ1v) is 7.91. The van der Waals surface area contributed by atoms with E-state index in [0.717, 1.165) is 31.7 Å². The average Bonchev–Trinajstić information content (AvgIpc) is 3.07. The highest BCUT2D eigenvalue weighted by atomic mass is 16.5. The van der Waals surface area contributed by atoms with Crippen LogP contribution < -0.4 is 10.2 Å². The van der Waals surface area contributed by atoms with Crippen molar-refractivity contribution >= 4 is 5.82 Å². The van der Waals surface area contributed by atoms with Crippen LogP contribution >= 0.6 is 0 Å². The van der Waals surface area contributed by atoms with E-state index in [1.54, 1.807) is 13.3 Å². The Morgan fingerprint density at radius 1 is 1.48 bits per heavy atom.